The van der Waals surface area contributed by atoms with Crippen molar-refractivity contribution in [1.29, 1.82) is 0 Å². The highest BCUT2D eigenvalue weighted by molar-refractivity contribution is 5.92. The lowest BCUT2D eigenvalue weighted by Crippen LogP contribution is -2.66. The van der Waals surface area contributed by atoms with Gasteiger partial charge in [-0.05, 0) is 7.05 Å². The molecule has 2 bridgehead atoms. The predicted molar refractivity (Wildman–Crippen MR) is 63.5 cm³/mol. The van der Waals surface area contributed by atoms with Crippen LogP contribution in [-0.2, 0) is 4.79 Å². The monoisotopic (exact) mass is 270 g/mol. The van der Waals surface area contributed by atoms with Crippen LogP contribution in [0.5, 0.6) is 0 Å². The summed E-state index contributed by atoms with van der Waals surface area (Å²) in [5, 5.41) is 22.7. The summed E-state index contributed by atoms with van der Waals surface area (Å²) >= 11 is 0. The molecule has 0 saturated carbocycles. The molecule has 2 rings (SSSR count). The van der Waals surface area contributed by atoms with Gasteiger partial charge in [-0.25, -0.2) is 0 Å². The van der Waals surface area contributed by atoms with Crippen molar-refractivity contribution in [3.63, 3.8) is 0 Å². The zero-order chi connectivity index (χ0) is 14.4. The Morgan fingerprint density at radius 2 is 2.00 bits per heavy atom. The van der Waals surface area contributed by atoms with Gasteiger partial charge in [0.25, 0.3) is 5.54 Å². The van der Waals surface area contributed by atoms with Crippen molar-refractivity contribution in [2.24, 2.45) is 5.73 Å². The number of rotatable bonds is 3. The van der Waals surface area contributed by atoms with Crippen LogP contribution in [0, 0.1) is 20.2 Å². The summed E-state index contributed by atoms with van der Waals surface area (Å²) in [6.45, 7) is 0.104. The van der Waals surface area contributed by atoms with E-state index in [0.29, 0.717) is 0 Å². The largest absolute Gasteiger partial charge is 0.366 e. The van der Waals surface area contributed by atoms with Gasteiger partial charge >= 0.3 is 0 Å². The minimum Gasteiger partial charge on any atom is -0.366 e. The molecule has 1 aliphatic carbocycles. The zero-order valence-electron chi connectivity index (χ0n) is 10.4. The van der Waals surface area contributed by atoms with Crippen LogP contribution < -0.4 is 5.73 Å². The Bertz CT molecular complexity index is 504. The maximum absolute atomic E-state index is 11.3. The summed E-state index contributed by atoms with van der Waals surface area (Å²) in [6, 6.07) is 0. The second-order valence-electron chi connectivity index (χ2n) is 5.40. The fourth-order valence-corrected chi connectivity index (χ4v) is 3.17. The first-order valence-corrected chi connectivity index (χ1v) is 5.70. The molecule has 1 aliphatic heterocycles. The lowest BCUT2D eigenvalue weighted by molar-refractivity contribution is -0.619. The first-order valence-electron chi connectivity index (χ1n) is 5.70. The number of hydrogen-bond acceptors (Lipinski definition) is 6. The van der Waals surface area contributed by atoms with E-state index < -0.39 is 26.8 Å². The number of fused-ring (bicyclic) bond motifs is 2. The Hall–Kier alpha value is -2.03. The average Bonchev–Trinajstić information content (AvgIpc) is 2.26. The van der Waals surface area contributed by atoms with E-state index >= 15 is 0 Å². The van der Waals surface area contributed by atoms with Crippen LogP contribution >= 0.6 is 0 Å². The highest BCUT2D eigenvalue weighted by atomic mass is 16.6. The molecule has 2 aliphatic rings. The summed E-state index contributed by atoms with van der Waals surface area (Å²) < 4.78 is 0. The van der Waals surface area contributed by atoms with Crippen LogP contribution in [0.3, 0.4) is 0 Å². The average molecular weight is 270 g/mol. The molecular formula is C10H14N4O5. The summed E-state index contributed by atoms with van der Waals surface area (Å²) in [6.07, 6.45) is 0.836. The van der Waals surface area contributed by atoms with Crippen LogP contribution in [0.4, 0.5) is 0 Å². The molecule has 1 heterocycles. The molecule has 1 amide bonds. The van der Waals surface area contributed by atoms with Gasteiger partial charge in [-0.2, -0.15) is 0 Å². The lowest BCUT2D eigenvalue weighted by Gasteiger charge is -2.43. The smallest absolute Gasteiger partial charge is 0.260 e. The minimum atomic E-state index is -1.61. The van der Waals surface area contributed by atoms with Gasteiger partial charge in [0.05, 0.1) is 25.9 Å². The van der Waals surface area contributed by atoms with Crippen LogP contribution in [0.15, 0.2) is 11.6 Å². The zero-order valence-corrected chi connectivity index (χ0v) is 10.4. The van der Waals surface area contributed by atoms with E-state index in [2.05, 4.69) is 0 Å². The Kier molecular flexibility index (Phi) is 2.81. The summed E-state index contributed by atoms with van der Waals surface area (Å²) in [5.74, 6) is -0.832. The van der Waals surface area contributed by atoms with Gasteiger partial charge in [-0.3, -0.25) is 29.9 Å². The molecule has 1 saturated heterocycles. The number of nitrogens with two attached hydrogens (primary N) is 1. The van der Waals surface area contributed by atoms with Crippen molar-refractivity contribution >= 4 is 5.91 Å². The maximum Gasteiger partial charge on any atom is 0.260 e. The van der Waals surface area contributed by atoms with E-state index in [1.807, 2.05) is 0 Å². The number of piperidine rings is 1. The van der Waals surface area contributed by atoms with Gasteiger partial charge in [0, 0.05) is 21.5 Å². The van der Waals surface area contributed by atoms with Crippen LogP contribution in [0.1, 0.15) is 12.8 Å². The topological polar surface area (TPSA) is 133 Å². The summed E-state index contributed by atoms with van der Waals surface area (Å²) in [4.78, 5) is 34.4. The molecule has 104 valence electrons. The van der Waals surface area contributed by atoms with Crippen LogP contribution in [0.25, 0.3) is 0 Å². The molecule has 0 aromatic rings. The van der Waals surface area contributed by atoms with Gasteiger partial charge in [0.1, 0.15) is 0 Å². The van der Waals surface area contributed by atoms with E-state index in [0.717, 1.165) is 0 Å². The number of nitrogens with zero attached hydrogens (tertiary/aromatic N) is 3. The fraction of sp³-hybridized carbons (Fsp3) is 0.700. The van der Waals surface area contributed by atoms with Crippen molar-refractivity contribution in [3.8, 4) is 0 Å². The van der Waals surface area contributed by atoms with Gasteiger partial charge in [-0.1, -0.05) is 0 Å². The van der Waals surface area contributed by atoms with E-state index in [1.54, 1.807) is 11.9 Å². The fourth-order valence-electron chi connectivity index (χ4n) is 3.17. The molecule has 0 radical (unpaired) electrons. The molecule has 9 heteroatoms. The second kappa shape index (κ2) is 3.98. The van der Waals surface area contributed by atoms with E-state index in [1.165, 1.54) is 6.08 Å². The van der Waals surface area contributed by atoms with Gasteiger partial charge in [0.15, 0.2) is 0 Å². The third-order valence-electron chi connectivity index (χ3n) is 3.77. The lowest BCUT2D eigenvalue weighted by atomic mass is 9.69. The number of likely N-dealkylation sites (tertiary alicyclic amines) is 1. The van der Waals surface area contributed by atoms with Crippen molar-refractivity contribution in [1.82, 2.24) is 4.90 Å². The molecule has 2 N–H and O–H groups in total. The SMILES string of the molecule is CN1C[C@]2([N+](=O)[O-])C=C(C(N)=O)C[C@@]([N+](=O)[O-])(C1)C2. The quantitative estimate of drug-likeness (QED) is 0.525. The Labute approximate surface area is 108 Å². The molecule has 0 spiro atoms. The van der Waals surface area contributed by atoms with Gasteiger partial charge in [0.2, 0.25) is 11.4 Å². The van der Waals surface area contributed by atoms with Crippen LogP contribution in [-0.4, -0.2) is 51.9 Å². The molecule has 0 aromatic heterocycles. The molecular weight excluding hydrogens is 256 g/mol. The number of carbonyl (C=O) groups is 1. The summed E-state index contributed by atoms with van der Waals surface area (Å²) in [7, 11) is 1.60. The number of nitro groups is 2. The standard InChI is InChI=1S/C10H14N4O5/c1-12-5-9(13(16)17)2-7(8(11)15)3-10(4-9,6-12)14(18)19/h2H,3-6H2,1H3,(H2,11,15)/t9-,10-/m0/s1. The van der Waals surface area contributed by atoms with E-state index in [9.17, 15) is 25.0 Å². The first-order chi connectivity index (χ1) is 8.71. The number of primary amides is 1. The molecule has 2 atom stereocenters. The molecule has 0 aromatic carbocycles. The third kappa shape index (κ3) is 1.95. The number of carbonyl (C=O) groups excluding carboxylic acids is 1. The van der Waals surface area contributed by atoms with Crippen LogP contribution in [0.2, 0.25) is 0 Å². The van der Waals surface area contributed by atoms with Crippen molar-refractivity contribution in [3.05, 3.63) is 31.9 Å². The Morgan fingerprint density at radius 1 is 1.37 bits per heavy atom. The molecule has 9 nitrogen and oxygen atoms in total. The number of amides is 1. The Balaban J connectivity index is 2.58. The van der Waals surface area contributed by atoms with Gasteiger partial charge < -0.3 is 5.73 Å². The summed E-state index contributed by atoms with van der Waals surface area (Å²) in [5.41, 5.74) is 2.01. The third-order valence-corrected chi connectivity index (χ3v) is 3.77. The van der Waals surface area contributed by atoms with Gasteiger partial charge in [-0.15, -0.1) is 0 Å². The number of hydrogen-bond donors (Lipinski definition) is 1. The second-order valence-corrected chi connectivity index (χ2v) is 5.40. The minimum absolute atomic E-state index is 0.0206. The Morgan fingerprint density at radius 3 is 2.47 bits per heavy atom. The molecule has 1 fully saturated rings. The number of likely N-dealkylation sites (N-methyl/N-ethyl adjacent to an activating group) is 1. The van der Waals surface area contributed by atoms with Crippen molar-refractivity contribution in [2.75, 3.05) is 20.1 Å². The highest BCUT2D eigenvalue weighted by Crippen LogP contribution is 2.42. The van der Waals surface area contributed by atoms with E-state index in [-0.39, 0.29) is 31.5 Å². The highest BCUT2D eigenvalue weighted by Gasteiger charge is 2.63. The first kappa shape index (κ1) is 13.4. The van der Waals surface area contributed by atoms with Crippen molar-refractivity contribution < 1.29 is 14.6 Å². The normalized spacial score (nSPS) is 34.5. The molecule has 19 heavy (non-hydrogen) atoms. The predicted octanol–water partition coefficient (Wildman–Crippen LogP) is -0.832. The van der Waals surface area contributed by atoms with Crippen molar-refractivity contribution in [2.45, 2.75) is 23.9 Å². The van der Waals surface area contributed by atoms with E-state index in [4.69, 9.17) is 5.73 Å². The maximum atomic E-state index is 11.3. The molecule has 0 unspecified atom stereocenters.